The number of carbonyl (C=O) groups excluding carboxylic acids is 1. The van der Waals surface area contributed by atoms with Gasteiger partial charge in [0.05, 0.1) is 12.6 Å². The van der Waals surface area contributed by atoms with Crippen molar-refractivity contribution in [1.29, 1.82) is 0 Å². The van der Waals surface area contributed by atoms with Crippen molar-refractivity contribution in [2.75, 3.05) is 19.7 Å². The van der Waals surface area contributed by atoms with Crippen molar-refractivity contribution >= 4 is 5.91 Å². The average molecular weight is 238 g/mol. The van der Waals surface area contributed by atoms with Crippen LogP contribution < -0.4 is 5.32 Å². The summed E-state index contributed by atoms with van der Waals surface area (Å²) in [7, 11) is 0. The number of amides is 1. The molecule has 2 saturated carbocycles. The van der Waals surface area contributed by atoms with Gasteiger partial charge in [0.15, 0.2) is 0 Å². The Bertz CT molecular complexity index is 311. The molecule has 2 aliphatic carbocycles. The van der Waals surface area contributed by atoms with Gasteiger partial charge in [0.2, 0.25) is 5.91 Å². The van der Waals surface area contributed by atoms with E-state index in [1.54, 1.807) is 0 Å². The fraction of sp³-hybridized carbons (Fsp3) is 0.923. The van der Waals surface area contributed by atoms with E-state index >= 15 is 0 Å². The number of piperidine rings is 1. The molecular formula is C13H22N2O2. The third kappa shape index (κ3) is 2.47. The third-order valence-electron chi connectivity index (χ3n) is 4.36. The Balaban J connectivity index is 1.58. The molecule has 1 atom stereocenters. The Kier molecular flexibility index (Phi) is 2.87. The summed E-state index contributed by atoms with van der Waals surface area (Å²) in [5, 5.41) is 12.8. The van der Waals surface area contributed by atoms with E-state index in [4.69, 9.17) is 0 Å². The quantitative estimate of drug-likeness (QED) is 0.733. The van der Waals surface area contributed by atoms with Gasteiger partial charge in [0.25, 0.3) is 0 Å². The zero-order valence-electron chi connectivity index (χ0n) is 10.3. The maximum Gasteiger partial charge on any atom is 0.239 e. The lowest BCUT2D eigenvalue weighted by Crippen LogP contribution is -2.52. The summed E-state index contributed by atoms with van der Waals surface area (Å²) in [6.45, 7) is 1.88. The van der Waals surface area contributed by atoms with Crippen LogP contribution in [0.3, 0.4) is 0 Å². The van der Waals surface area contributed by atoms with Gasteiger partial charge < -0.3 is 15.3 Å². The van der Waals surface area contributed by atoms with Gasteiger partial charge in [-0.3, -0.25) is 4.79 Å². The van der Waals surface area contributed by atoms with Gasteiger partial charge in [0, 0.05) is 24.5 Å². The lowest BCUT2D eigenvalue weighted by atomic mass is 10.0. The number of carbonyl (C=O) groups is 1. The lowest BCUT2D eigenvalue weighted by Gasteiger charge is -2.35. The molecule has 1 aliphatic heterocycles. The maximum atomic E-state index is 12.3. The summed E-state index contributed by atoms with van der Waals surface area (Å²) in [4.78, 5) is 14.3. The Labute approximate surface area is 102 Å². The van der Waals surface area contributed by atoms with Gasteiger partial charge >= 0.3 is 0 Å². The van der Waals surface area contributed by atoms with Crippen molar-refractivity contribution in [2.45, 2.75) is 50.6 Å². The third-order valence-corrected chi connectivity index (χ3v) is 4.36. The number of hydrogen-bond acceptors (Lipinski definition) is 3. The van der Waals surface area contributed by atoms with Crippen molar-refractivity contribution < 1.29 is 9.90 Å². The molecule has 4 heteroatoms. The van der Waals surface area contributed by atoms with Crippen molar-refractivity contribution in [3.8, 4) is 0 Å². The van der Waals surface area contributed by atoms with Crippen molar-refractivity contribution in [1.82, 2.24) is 10.2 Å². The molecule has 3 rings (SSSR count). The van der Waals surface area contributed by atoms with Gasteiger partial charge in [-0.15, -0.1) is 0 Å². The van der Waals surface area contributed by atoms with E-state index in [0.717, 1.165) is 38.8 Å². The lowest BCUT2D eigenvalue weighted by molar-refractivity contribution is -0.137. The molecule has 0 bridgehead atoms. The van der Waals surface area contributed by atoms with Gasteiger partial charge in [-0.25, -0.2) is 0 Å². The van der Waals surface area contributed by atoms with Crippen LogP contribution in [0.4, 0.5) is 0 Å². The molecule has 1 heterocycles. The van der Waals surface area contributed by atoms with E-state index in [9.17, 15) is 9.90 Å². The first-order valence-corrected chi connectivity index (χ1v) is 6.88. The first kappa shape index (κ1) is 11.5. The fourth-order valence-electron chi connectivity index (χ4n) is 2.73. The molecule has 1 saturated heterocycles. The average Bonchev–Trinajstić information content (AvgIpc) is 3.21. The summed E-state index contributed by atoms with van der Waals surface area (Å²) in [5.74, 6) is 0.267. The zero-order chi connectivity index (χ0) is 11.9. The van der Waals surface area contributed by atoms with Crippen LogP contribution >= 0.6 is 0 Å². The summed E-state index contributed by atoms with van der Waals surface area (Å²) >= 11 is 0. The number of likely N-dealkylation sites (tertiary alicyclic amines) is 1. The predicted molar refractivity (Wildman–Crippen MR) is 64.5 cm³/mol. The second kappa shape index (κ2) is 4.25. The molecule has 1 amide bonds. The molecule has 3 fully saturated rings. The molecule has 17 heavy (non-hydrogen) atoms. The number of nitrogens with one attached hydrogen (secondary N) is 1. The van der Waals surface area contributed by atoms with E-state index in [0.29, 0.717) is 6.04 Å². The van der Waals surface area contributed by atoms with Crippen molar-refractivity contribution in [2.24, 2.45) is 5.41 Å². The normalized spacial score (nSPS) is 31.7. The minimum atomic E-state index is 0.0470. The van der Waals surface area contributed by atoms with Crippen LogP contribution in [0.15, 0.2) is 0 Å². The Morgan fingerprint density at radius 2 is 2.12 bits per heavy atom. The molecule has 2 N–H and O–H groups in total. The molecule has 3 aliphatic rings. The molecule has 0 aromatic heterocycles. The highest BCUT2D eigenvalue weighted by Crippen LogP contribution is 2.46. The zero-order valence-corrected chi connectivity index (χ0v) is 10.3. The van der Waals surface area contributed by atoms with Gasteiger partial charge in [-0.05, 0) is 38.5 Å². The minimum Gasteiger partial charge on any atom is -0.396 e. The van der Waals surface area contributed by atoms with Crippen LogP contribution in [0.2, 0.25) is 0 Å². The van der Waals surface area contributed by atoms with Crippen LogP contribution in [0.5, 0.6) is 0 Å². The number of aliphatic hydroxyl groups excluding tert-OH is 1. The highest BCUT2D eigenvalue weighted by Gasteiger charge is 2.45. The Morgan fingerprint density at radius 1 is 1.35 bits per heavy atom. The Hall–Kier alpha value is -0.610. The van der Waals surface area contributed by atoms with Crippen molar-refractivity contribution in [3.05, 3.63) is 0 Å². The van der Waals surface area contributed by atoms with Crippen LogP contribution in [0.1, 0.15) is 38.5 Å². The Morgan fingerprint density at radius 3 is 2.71 bits per heavy atom. The molecule has 4 nitrogen and oxygen atoms in total. The van der Waals surface area contributed by atoms with E-state index < -0.39 is 0 Å². The van der Waals surface area contributed by atoms with E-state index in [-0.39, 0.29) is 24.0 Å². The summed E-state index contributed by atoms with van der Waals surface area (Å²) in [6.07, 6.45) is 6.69. The number of aliphatic hydroxyl groups is 1. The van der Waals surface area contributed by atoms with Gasteiger partial charge in [-0.2, -0.15) is 0 Å². The molecule has 0 radical (unpaired) electrons. The monoisotopic (exact) mass is 238 g/mol. The highest BCUT2D eigenvalue weighted by molar-refractivity contribution is 5.82. The van der Waals surface area contributed by atoms with E-state index in [1.807, 2.05) is 4.90 Å². The summed E-state index contributed by atoms with van der Waals surface area (Å²) in [6, 6.07) is 0.641. The van der Waals surface area contributed by atoms with Crippen molar-refractivity contribution in [3.63, 3.8) is 0 Å². The van der Waals surface area contributed by atoms with Crippen LogP contribution in [0, 0.1) is 5.41 Å². The topological polar surface area (TPSA) is 52.6 Å². The largest absolute Gasteiger partial charge is 0.396 e. The molecule has 0 aromatic carbocycles. The molecule has 0 aromatic rings. The second-order valence-electron chi connectivity index (χ2n) is 6.05. The van der Waals surface area contributed by atoms with Crippen LogP contribution in [-0.2, 0) is 4.79 Å². The SMILES string of the molecule is O=C1C(NC2CC2)CCCN1CC1(CO)CC1. The van der Waals surface area contributed by atoms with Crippen LogP contribution in [0.25, 0.3) is 0 Å². The van der Waals surface area contributed by atoms with Gasteiger partial charge in [0.1, 0.15) is 0 Å². The van der Waals surface area contributed by atoms with Gasteiger partial charge in [-0.1, -0.05) is 0 Å². The van der Waals surface area contributed by atoms with Crippen LogP contribution in [-0.4, -0.2) is 47.7 Å². The molecule has 1 unspecified atom stereocenters. The number of nitrogens with zero attached hydrogens (tertiary/aromatic N) is 1. The first-order valence-electron chi connectivity index (χ1n) is 6.88. The summed E-state index contributed by atoms with van der Waals surface area (Å²) in [5.41, 5.74) is 0.0527. The second-order valence-corrected chi connectivity index (χ2v) is 6.05. The number of hydrogen-bond donors (Lipinski definition) is 2. The highest BCUT2D eigenvalue weighted by atomic mass is 16.3. The molecule has 96 valence electrons. The fourth-order valence-corrected chi connectivity index (χ4v) is 2.73. The number of rotatable bonds is 5. The van der Waals surface area contributed by atoms with E-state index in [1.165, 1.54) is 12.8 Å². The molecular weight excluding hydrogens is 216 g/mol. The van der Waals surface area contributed by atoms with E-state index in [2.05, 4.69) is 5.32 Å². The summed E-state index contributed by atoms with van der Waals surface area (Å²) < 4.78 is 0. The minimum absolute atomic E-state index is 0.0470. The molecule has 0 spiro atoms. The smallest absolute Gasteiger partial charge is 0.239 e. The standard InChI is InChI=1S/C13H22N2O2/c16-9-13(5-6-13)8-15-7-1-2-11(12(15)17)14-10-3-4-10/h10-11,14,16H,1-9H2. The first-order chi connectivity index (χ1) is 8.22. The maximum absolute atomic E-state index is 12.3. The predicted octanol–water partition coefficient (Wildman–Crippen LogP) is 0.502.